The van der Waals surface area contributed by atoms with E-state index in [4.69, 9.17) is 19.2 Å². The maximum Gasteiger partial charge on any atom is 0.135 e. The Morgan fingerprint density at radius 2 is 1.72 bits per heavy atom. The van der Waals surface area contributed by atoms with Crippen LogP contribution in [0, 0.1) is 11.3 Å². The number of pyridine rings is 1. The fourth-order valence-electron chi connectivity index (χ4n) is 5.84. The highest BCUT2D eigenvalue weighted by molar-refractivity contribution is 5.74. The second kappa shape index (κ2) is 9.93. The molecule has 1 saturated heterocycles. The van der Waals surface area contributed by atoms with Gasteiger partial charge in [-0.1, -0.05) is 24.3 Å². The van der Waals surface area contributed by atoms with Gasteiger partial charge in [0, 0.05) is 43.2 Å². The normalized spacial score (nSPS) is 23.6. The molecule has 1 aliphatic carbocycles. The van der Waals surface area contributed by atoms with E-state index in [0.717, 1.165) is 66.0 Å². The lowest BCUT2D eigenvalue weighted by atomic mass is 9.76. The van der Waals surface area contributed by atoms with Crippen LogP contribution in [0.15, 0.2) is 54.7 Å². The molecule has 3 atom stereocenters. The van der Waals surface area contributed by atoms with Gasteiger partial charge in [-0.25, -0.2) is 0 Å². The van der Waals surface area contributed by atoms with Crippen molar-refractivity contribution < 1.29 is 14.2 Å². The van der Waals surface area contributed by atoms with Gasteiger partial charge in [0.15, 0.2) is 0 Å². The van der Waals surface area contributed by atoms with Gasteiger partial charge < -0.3 is 19.1 Å². The van der Waals surface area contributed by atoms with E-state index in [1.165, 1.54) is 5.69 Å². The van der Waals surface area contributed by atoms with Crippen molar-refractivity contribution in [3.8, 4) is 22.9 Å². The minimum absolute atomic E-state index is 0.218. The maximum absolute atomic E-state index is 9.22. The molecule has 3 unspecified atom stereocenters. The van der Waals surface area contributed by atoms with E-state index in [1.807, 2.05) is 30.5 Å². The highest BCUT2D eigenvalue weighted by atomic mass is 16.5. The first-order valence-electron chi connectivity index (χ1n) is 12.6. The molecule has 6 nitrogen and oxygen atoms in total. The molecule has 2 heterocycles. The number of aromatic nitrogens is 1. The second-order valence-electron chi connectivity index (χ2n) is 9.82. The van der Waals surface area contributed by atoms with E-state index in [2.05, 4.69) is 49.1 Å². The lowest BCUT2D eigenvalue weighted by Crippen LogP contribution is -2.45. The predicted molar refractivity (Wildman–Crippen MR) is 140 cm³/mol. The molecule has 5 rings (SSSR count). The first-order chi connectivity index (χ1) is 17.5. The van der Waals surface area contributed by atoms with Crippen molar-refractivity contribution in [3.63, 3.8) is 0 Å². The number of hydrogen-bond acceptors (Lipinski definition) is 6. The Bertz CT molecular complexity index is 1260. The Hall–Kier alpha value is -3.40. The zero-order chi connectivity index (χ0) is 25.3. The first-order valence-corrected chi connectivity index (χ1v) is 12.6. The van der Waals surface area contributed by atoms with Crippen LogP contribution in [-0.2, 0) is 21.5 Å². The molecule has 0 bridgehead atoms. The third-order valence-corrected chi connectivity index (χ3v) is 7.46. The van der Waals surface area contributed by atoms with E-state index < -0.39 is 5.60 Å². The van der Waals surface area contributed by atoms with Crippen molar-refractivity contribution in [3.05, 3.63) is 77.1 Å². The lowest BCUT2D eigenvalue weighted by Gasteiger charge is -2.38. The number of hydrogen-bond donors (Lipinski definition) is 0. The van der Waals surface area contributed by atoms with Gasteiger partial charge in [0.1, 0.15) is 11.4 Å². The first kappa shape index (κ1) is 24.3. The molecule has 0 radical (unpaired) electrons. The van der Waals surface area contributed by atoms with E-state index in [9.17, 15) is 5.26 Å². The number of benzene rings is 2. The Morgan fingerprint density at radius 3 is 2.33 bits per heavy atom. The molecule has 1 aliphatic heterocycles. The molecule has 36 heavy (non-hydrogen) atoms. The Balaban J connectivity index is 1.52. The SMILES string of the molecule is COc1c(-c2ccc(N3CC(C)OC(C)C3)cc2)cnc2c1CCCC2(OC)c1ccc(C#N)cc1. The van der Waals surface area contributed by atoms with Crippen LogP contribution in [0.2, 0.25) is 0 Å². The molecule has 2 aliphatic rings. The number of anilines is 1. The van der Waals surface area contributed by atoms with Crippen molar-refractivity contribution in [1.82, 2.24) is 4.98 Å². The summed E-state index contributed by atoms with van der Waals surface area (Å²) in [6.45, 7) is 6.03. The lowest BCUT2D eigenvalue weighted by molar-refractivity contribution is -0.00521. The second-order valence-corrected chi connectivity index (χ2v) is 9.82. The van der Waals surface area contributed by atoms with Gasteiger partial charge in [-0.2, -0.15) is 5.26 Å². The third-order valence-electron chi connectivity index (χ3n) is 7.46. The van der Waals surface area contributed by atoms with Crippen LogP contribution < -0.4 is 9.64 Å². The Labute approximate surface area is 213 Å². The van der Waals surface area contributed by atoms with Crippen LogP contribution >= 0.6 is 0 Å². The molecule has 0 saturated carbocycles. The summed E-state index contributed by atoms with van der Waals surface area (Å²) >= 11 is 0. The quantitative estimate of drug-likeness (QED) is 0.479. The van der Waals surface area contributed by atoms with Gasteiger partial charge in [0.25, 0.3) is 0 Å². The topological polar surface area (TPSA) is 67.6 Å². The fourth-order valence-corrected chi connectivity index (χ4v) is 5.84. The average Bonchev–Trinajstić information content (AvgIpc) is 2.91. The van der Waals surface area contributed by atoms with Crippen molar-refractivity contribution in [1.29, 1.82) is 5.26 Å². The van der Waals surface area contributed by atoms with Crippen LogP contribution in [0.5, 0.6) is 5.75 Å². The number of ether oxygens (including phenoxy) is 3. The standard InChI is InChI=1S/C30H33N3O3/c1-20-18-33(19-21(2)36-20)25-13-9-23(10-14-25)27-17-32-29-26(28(27)34-3)6-5-15-30(29,35-4)24-11-7-22(16-31)8-12-24/h7-14,17,20-21H,5-6,15,18-19H2,1-4H3. The molecular weight excluding hydrogens is 450 g/mol. The molecule has 186 valence electrons. The van der Waals surface area contributed by atoms with Crippen molar-refractivity contribution in [2.45, 2.75) is 50.9 Å². The molecule has 1 fully saturated rings. The van der Waals surface area contributed by atoms with Gasteiger partial charge in [0.05, 0.1) is 36.6 Å². The monoisotopic (exact) mass is 483 g/mol. The van der Waals surface area contributed by atoms with Crippen LogP contribution in [0.25, 0.3) is 11.1 Å². The molecule has 2 aromatic carbocycles. The van der Waals surface area contributed by atoms with Crippen molar-refractivity contribution in [2.24, 2.45) is 0 Å². The van der Waals surface area contributed by atoms with E-state index in [1.54, 1.807) is 14.2 Å². The number of nitriles is 1. The number of morpholine rings is 1. The average molecular weight is 484 g/mol. The maximum atomic E-state index is 9.22. The predicted octanol–water partition coefficient (Wildman–Crippen LogP) is 5.47. The van der Waals surface area contributed by atoms with Gasteiger partial charge in [0.2, 0.25) is 0 Å². The zero-order valence-corrected chi connectivity index (χ0v) is 21.5. The summed E-state index contributed by atoms with van der Waals surface area (Å²) in [7, 11) is 3.47. The van der Waals surface area contributed by atoms with E-state index >= 15 is 0 Å². The highest BCUT2D eigenvalue weighted by Gasteiger charge is 2.41. The Kier molecular flexibility index (Phi) is 6.70. The summed E-state index contributed by atoms with van der Waals surface area (Å²) in [6, 6.07) is 18.5. The number of rotatable bonds is 5. The number of methoxy groups -OCH3 is 2. The molecule has 0 amide bonds. The molecule has 0 N–H and O–H groups in total. The van der Waals surface area contributed by atoms with Gasteiger partial charge in [-0.05, 0) is 68.5 Å². The molecule has 1 aromatic heterocycles. The summed E-state index contributed by atoms with van der Waals surface area (Å²) < 4.78 is 18.1. The minimum Gasteiger partial charge on any atom is -0.496 e. The van der Waals surface area contributed by atoms with E-state index in [-0.39, 0.29) is 12.2 Å². The highest BCUT2D eigenvalue weighted by Crippen LogP contribution is 2.47. The number of fused-ring (bicyclic) bond motifs is 1. The summed E-state index contributed by atoms with van der Waals surface area (Å²) in [4.78, 5) is 7.37. The summed E-state index contributed by atoms with van der Waals surface area (Å²) in [5, 5.41) is 9.22. The summed E-state index contributed by atoms with van der Waals surface area (Å²) in [5.41, 5.74) is 6.22. The van der Waals surface area contributed by atoms with Crippen LogP contribution in [0.3, 0.4) is 0 Å². The molecule has 0 spiro atoms. The van der Waals surface area contributed by atoms with Gasteiger partial charge >= 0.3 is 0 Å². The van der Waals surface area contributed by atoms with Crippen LogP contribution in [0.1, 0.15) is 49.1 Å². The van der Waals surface area contributed by atoms with Gasteiger partial charge in [-0.3, -0.25) is 4.98 Å². The molecule has 3 aromatic rings. The minimum atomic E-state index is -0.666. The van der Waals surface area contributed by atoms with Gasteiger partial charge in [-0.15, -0.1) is 0 Å². The number of nitrogens with zero attached hydrogens (tertiary/aromatic N) is 3. The smallest absolute Gasteiger partial charge is 0.135 e. The summed E-state index contributed by atoms with van der Waals surface area (Å²) in [6.07, 6.45) is 5.00. The zero-order valence-electron chi connectivity index (χ0n) is 21.5. The third kappa shape index (κ3) is 4.23. The van der Waals surface area contributed by atoms with E-state index in [0.29, 0.717) is 5.56 Å². The van der Waals surface area contributed by atoms with Crippen LogP contribution in [0.4, 0.5) is 5.69 Å². The van der Waals surface area contributed by atoms with Crippen molar-refractivity contribution >= 4 is 5.69 Å². The molecular formula is C30H33N3O3. The summed E-state index contributed by atoms with van der Waals surface area (Å²) in [5.74, 6) is 0.858. The van der Waals surface area contributed by atoms with Crippen molar-refractivity contribution in [2.75, 3.05) is 32.2 Å². The Morgan fingerprint density at radius 1 is 1.03 bits per heavy atom. The largest absolute Gasteiger partial charge is 0.496 e. The van der Waals surface area contributed by atoms with Crippen LogP contribution in [-0.4, -0.2) is 44.5 Å². The molecule has 6 heteroatoms. The fraction of sp³-hybridized carbons (Fsp3) is 0.400.